The zero-order valence-corrected chi connectivity index (χ0v) is 17.5. The number of ether oxygens (including phenoxy) is 1. The van der Waals surface area contributed by atoms with Crippen molar-refractivity contribution in [3.8, 4) is 0 Å². The SMILES string of the molecule is CCC1=NOC(CCOC=O)(CNc2ccccc2C(=O)NOCc2ccccc2)C1. The molecule has 0 aromatic heterocycles. The first-order valence-electron chi connectivity index (χ1n) is 10.2. The van der Waals surface area contributed by atoms with E-state index in [9.17, 15) is 9.59 Å². The number of hydrogen-bond donors (Lipinski definition) is 2. The molecular weight excluding hydrogens is 398 g/mol. The number of oxime groups is 1. The minimum atomic E-state index is -0.637. The third kappa shape index (κ3) is 6.29. The number of rotatable bonds is 12. The maximum Gasteiger partial charge on any atom is 0.293 e. The average Bonchev–Trinajstić information content (AvgIpc) is 3.22. The molecule has 1 atom stereocenters. The minimum absolute atomic E-state index is 0.229. The monoisotopic (exact) mass is 425 g/mol. The molecule has 8 heteroatoms. The van der Waals surface area contributed by atoms with Crippen molar-refractivity contribution in [1.82, 2.24) is 5.48 Å². The van der Waals surface area contributed by atoms with E-state index in [4.69, 9.17) is 14.4 Å². The summed E-state index contributed by atoms with van der Waals surface area (Å²) in [6.45, 7) is 3.34. The van der Waals surface area contributed by atoms with E-state index < -0.39 is 5.60 Å². The fraction of sp³-hybridized carbons (Fsp3) is 0.348. The summed E-state index contributed by atoms with van der Waals surface area (Å²) in [5, 5.41) is 7.46. The van der Waals surface area contributed by atoms with Gasteiger partial charge in [-0.2, -0.15) is 0 Å². The van der Waals surface area contributed by atoms with Crippen LogP contribution in [0.5, 0.6) is 0 Å². The van der Waals surface area contributed by atoms with Gasteiger partial charge in [0.2, 0.25) is 0 Å². The summed E-state index contributed by atoms with van der Waals surface area (Å²) in [6.07, 6.45) is 1.90. The largest absolute Gasteiger partial charge is 0.468 e. The van der Waals surface area contributed by atoms with E-state index in [1.807, 2.05) is 49.4 Å². The number of para-hydroxylation sites is 1. The van der Waals surface area contributed by atoms with E-state index in [1.54, 1.807) is 12.1 Å². The molecule has 1 aliphatic heterocycles. The van der Waals surface area contributed by atoms with Gasteiger partial charge < -0.3 is 14.9 Å². The quantitative estimate of drug-likeness (QED) is 0.307. The Morgan fingerprint density at radius 3 is 2.71 bits per heavy atom. The first-order chi connectivity index (χ1) is 15.2. The topological polar surface area (TPSA) is 98.3 Å². The highest BCUT2D eigenvalue weighted by Gasteiger charge is 2.38. The van der Waals surface area contributed by atoms with Gasteiger partial charge in [0.15, 0.2) is 5.60 Å². The van der Waals surface area contributed by atoms with Crippen molar-refractivity contribution in [3.63, 3.8) is 0 Å². The first-order valence-corrected chi connectivity index (χ1v) is 10.2. The van der Waals surface area contributed by atoms with Gasteiger partial charge in [-0.3, -0.25) is 14.4 Å². The Kier molecular flexibility index (Phi) is 8.00. The van der Waals surface area contributed by atoms with Crippen molar-refractivity contribution in [2.45, 2.75) is 38.4 Å². The molecule has 0 saturated carbocycles. The highest BCUT2D eigenvalue weighted by molar-refractivity contribution is 5.99. The van der Waals surface area contributed by atoms with Crippen molar-refractivity contribution in [3.05, 3.63) is 65.7 Å². The summed E-state index contributed by atoms with van der Waals surface area (Å²) < 4.78 is 4.86. The molecule has 3 rings (SSSR count). The summed E-state index contributed by atoms with van der Waals surface area (Å²) in [5.74, 6) is -0.352. The van der Waals surface area contributed by atoms with Gasteiger partial charge in [0.25, 0.3) is 12.4 Å². The molecule has 2 aromatic carbocycles. The van der Waals surface area contributed by atoms with E-state index >= 15 is 0 Å². The first kappa shape index (κ1) is 22.3. The maximum absolute atomic E-state index is 12.7. The lowest BCUT2D eigenvalue weighted by Gasteiger charge is -2.27. The molecule has 1 amide bonds. The fourth-order valence-corrected chi connectivity index (χ4v) is 3.30. The number of carbonyl (C=O) groups excluding carboxylic acids is 2. The van der Waals surface area contributed by atoms with Gasteiger partial charge in [0, 0.05) is 18.5 Å². The fourth-order valence-electron chi connectivity index (χ4n) is 3.30. The second-order valence-electron chi connectivity index (χ2n) is 7.28. The molecule has 2 N–H and O–H groups in total. The predicted octanol–water partition coefficient (Wildman–Crippen LogP) is 3.45. The van der Waals surface area contributed by atoms with Crippen LogP contribution in [0, 0.1) is 0 Å². The number of carbonyl (C=O) groups is 2. The third-order valence-corrected chi connectivity index (χ3v) is 5.07. The molecular formula is C23H27N3O5. The normalized spacial score (nSPS) is 17.4. The standard InChI is InChI=1S/C23H27N3O5/c1-2-19-14-23(31-25-19,12-13-29-17-27)16-24-21-11-7-6-10-20(21)22(28)26-30-15-18-8-4-3-5-9-18/h3-11,17,24H,2,12-16H2,1H3,(H,26,28). The van der Waals surface area contributed by atoms with Crippen LogP contribution in [0.2, 0.25) is 0 Å². The molecule has 0 radical (unpaired) electrons. The van der Waals surface area contributed by atoms with E-state index in [0.29, 0.717) is 37.1 Å². The van der Waals surface area contributed by atoms with Gasteiger partial charge in [-0.25, -0.2) is 5.48 Å². The van der Waals surface area contributed by atoms with Crippen molar-refractivity contribution in [2.24, 2.45) is 5.16 Å². The van der Waals surface area contributed by atoms with Crippen LogP contribution in [-0.2, 0) is 25.8 Å². The van der Waals surface area contributed by atoms with Crippen LogP contribution in [0.4, 0.5) is 5.69 Å². The van der Waals surface area contributed by atoms with E-state index in [1.165, 1.54) is 0 Å². The second-order valence-corrected chi connectivity index (χ2v) is 7.28. The minimum Gasteiger partial charge on any atom is -0.468 e. The zero-order chi connectivity index (χ0) is 21.9. The van der Waals surface area contributed by atoms with Gasteiger partial charge in [0.05, 0.1) is 31.0 Å². The molecule has 0 fully saturated rings. The summed E-state index contributed by atoms with van der Waals surface area (Å²) >= 11 is 0. The molecule has 1 heterocycles. The number of benzene rings is 2. The smallest absolute Gasteiger partial charge is 0.293 e. The van der Waals surface area contributed by atoms with Crippen LogP contribution in [-0.4, -0.2) is 36.8 Å². The number of nitrogens with one attached hydrogen (secondary N) is 2. The van der Waals surface area contributed by atoms with Crippen molar-refractivity contribution >= 4 is 23.8 Å². The molecule has 164 valence electrons. The van der Waals surface area contributed by atoms with Gasteiger partial charge in [-0.1, -0.05) is 54.5 Å². The van der Waals surface area contributed by atoms with Crippen molar-refractivity contribution in [1.29, 1.82) is 0 Å². The average molecular weight is 425 g/mol. The van der Waals surface area contributed by atoms with Crippen LogP contribution in [0.15, 0.2) is 59.8 Å². The van der Waals surface area contributed by atoms with Gasteiger partial charge in [-0.15, -0.1) is 0 Å². The summed E-state index contributed by atoms with van der Waals surface area (Å²) in [6, 6.07) is 16.7. The Hall–Kier alpha value is -3.39. The molecule has 0 bridgehead atoms. The van der Waals surface area contributed by atoms with Gasteiger partial charge in [-0.05, 0) is 24.1 Å². The Morgan fingerprint density at radius 1 is 1.19 bits per heavy atom. The molecule has 2 aromatic rings. The molecule has 0 saturated heterocycles. The molecule has 0 aliphatic carbocycles. The van der Waals surface area contributed by atoms with Crippen LogP contribution >= 0.6 is 0 Å². The number of hydrogen-bond acceptors (Lipinski definition) is 7. The lowest BCUT2D eigenvalue weighted by Crippen LogP contribution is -2.39. The Labute approximate surface area is 181 Å². The molecule has 8 nitrogen and oxygen atoms in total. The van der Waals surface area contributed by atoms with E-state index in [-0.39, 0.29) is 19.1 Å². The molecule has 1 aliphatic rings. The zero-order valence-electron chi connectivity index (χ0n) is 17.5. The van der Waals surface area contributed by atoms with Crippen molar-refractivity contribution < 1.29 is 24.0 Å². The number of hydroxylamine groups is 1. The Balaban J connectivity index is 1.60. The van der Waals surface area contributed by atoms with Crippen LogP contribution in [0.25, 0.3) is 0 Å². The summed E-state index contributed by atoms with van der Waals surface area (Å²) in [5.41, 5.74) is 4.86. The highest BCUT2D eigenvalue weighted by Crippen LogP contribution is 2.30. The number of nitrogens with zero attached hydrogens (tertiary/aromatic N) is 1. The van der Waals surface area contributed by atoms with Crippen LogP contribution in [0.3, 0.4) is 0 Å². The van der Waals surface area contributed by atoms with Crippen LogP contribution in [0.1, 0.15) is 42.1 Å². The van der Waals surface area contributed by atoms with Gasteiger partial charge >= 0.3 is 0 Å². The van der Waals surface area contributed by atoms with Gasteiger partial charge in [0.1, 0.15) is 0 Å². The Morgan fingerprint density at radius 2 is 1.97 bits per heavy atom. The molecule has 0 spiro atoms. The lowest BCUT2D eigenvalue weighted by atomic mass is 9.92. The summed E-state index contributed by atoms with van der Waals surface area (Å²) in [4.78, 5) is 34.3. The maximum atomic E-state index is 12.7. The van der Waals surface area contributed by atoms with E-state index in [2.05, 4.69) is 16.0 Å². The molecule has 1 unspecified atom stereocenters. The Bertz CT molecular complexity index is 903. The van der Waals surface area contributed by atoms with E-state index in [0.717, 1.165) is 17.7 Å². The second kappa shape index (κ2) is 11.1. The highest BCUT2D eigenvalue weighted by atomic mass is 16.7. The van der Waals surface area contributed by atoms with Crippen molar-refractivity contribution in [2.75, 3.05) is 18.5 Å². The number of anilines is 1. The third-order valence-electron chi connectivity index (χ3n) is 5.07. The molecule has 31 heavy (non-hydrogen) atoms. The lowest BCUT2D eigenvalue weighted by molar-refractivity contribution is -0.130. The van der Waals surface area contributed by atoms with Crippen LogP contribution < -0.4 is 10.8 Å². The number of amides is 1. The predicted molar refractivity (Wildman–Crippen MR) is 116 cm³/mol. The summed E-state index contributed by atoms with van der Waals surface area (Å²) in [7, 11) is 0.